The van der Waals surface area contributed by atoms with Crippen LogP contribution < -0.4 is 21.1 Å². The summed E-state index contributed by atoms with van der Waals surface area (Å²) >= 11 is 0. The summed E-state index contributed by atoms with van der Waals surface area (Å²) in [6.45, 7) is 0.532. The van der Waals surface area contributed by atoms with Crippen LogP contribution in [0.15, 0.2) is 41.2 Å². The smallest absolute Gasteiger partial charge is 0.271 e. The van der Waals surface area contributed by atoms with Gasteiger partial charge < -0.3 is 15.5 Å². The average Bonchev–Trinajstić information content (AvgIpc) is 2.59. The molecule has 1 aromatic carbocycles. The predicted molar refractivity (Wildman–Crippen MR) is 90.3 cm³/mol. The molecule has 0 saturated heterocycles. The van der Waals surface area contributed by atoms with E-state index in [4.69, 9.17) is 0 Å². The van der Waals surface area contributed by atoms with Gasteiger partial charge in [0.2, 0.25) is 0 Å². The number of anilines is 1. The van der Waals surface area contributed by atoms with Crippen LogP contribution >= 0.6 is 0 Å². The number of carbonyl (C=O) groups is 2. The second-order valence-electron chi connectivity index (χ2n) is 5.26. The molecule has 0 saturated carbocycles. The van der Waals surface area contributed by atoms with Crippen molar-refractivity contribution >= 4 is 17.5 Å². The van der Waals surface area contributed by atoms with Gasteiger partial charge in [-0.2, -0.15) is 5.10 Å². The van der Waals surface area contributed by atoms with Gasteiger partial charge in [-0.25, -0.2) is 5.10 Å². The van der Waals surface area contributed by atoms with Crippen molar-refractivity contribution in [3.63, 3.8) is 0 Å². The molecule has 0 fully saturated rings. The Hall–Kier alpha value is -3.16. The average molecular weight is 329 g/mol. The fraction of sp³-hybridized carbons (Fsp3) is 0.250. The van der Waals surface area contributed by atoms with Crippen LogP contribution in [0.4, 0.5) is 5.69 Å². The van der Waals surface area contributed by atoms with Crippen molar-refractivity contribution in [3.05, 3.63) is 58.0 Å². The zero-order valence-electron chi connectivity index (χ0n) is 13.5. The lowest BCUT2D eigenvalue weighted by Crippen LogP contribution is -2.35. The van der Waals surface area contributed by atoms with Crippen molar-refractivity contribution in [1.29, 1.82) is 0 Å². The maximum atomic E-state index is 12.0. The normalized spacial score (nSPS) is 10.1. The number of carbonyl (C=O) groups excluding carboxylic acids is 2. The number of hydrogen-bond donors (Lipinski definition) is 3. The van der Waals surface area contributed by atoms with Crippen LogP contribution in [0, 0.1) is 0 Å². The first-order chi connectivity index (χ1) is 11.5. The lowest BCUT2D eigenvalue weighted by atomic mass is 10.2. The summed E-state index contributed by atoms with van der Waals surface area (Å²) in [7, 11) is 3.85. The van der Waals surface area contributed by atoms with E-state index in [1.54, 1.807) is 12.1 Å². The summed E-state index contributed by atoms with van der Waals surface area (Å²) in [6, 6.07) is 9.76. The summed E-state index contributed by atoms with van der Waals surface area (Å²) in [4.78, 5) is 36.6. The molecule has 0 aliphatic rings. The van der Waals surface area contributed by atoms with E-state index in [0.29, 0.717) is 5.56 Å². The molecule has 0 bridgehead atoms. The van der Waals surface area contributed by atoms with Crippen molar-refractivity contribution in [1.82, 2.24) is 20.8 Å². The van der Waals surface area contributed by atoms with E-state index < -0.39 is 5.91 Å². The molecule has 0 aliphatic heterocycles. The highest BCUT2D eigenvalue weighted by Gasteiger charge is 2.08. The third-order valence-corrected chi connectivity index (χ3v) is 3.25. The van der Waals surface area contributed by atoms with E-state index in [2.05, 4.69) is 20.8 Å². The maximum Gasteiger partial charge on any atom is 0.271 e. The monoisotopic (exact) mass is 329 g/mol. The summed E-state index contributed by atoms with van der Waals surface area (Å²) in [5.41, 5.74) is 1.29. The van der Waals surface area contributed by atoms with Gasteiger partial charge in [0, 0.05) is 44.5 Å². The molecule has 1 aromatic heterocycles. The van der Waals surface area contributed by atoms with Gasteiger partial charge in [-0.1, -0.05) is 0 Å². The van der Waals surface area contributed by atoms with E-state index in [1.165, 1.54) is 12.1 Å². The number of aromatic nitrogens is 2. The highest BCUT2D eigenvalue weighted by atomic mass is 16.2. The van der Waals surface area contributed by atoms with E-state index >= 15 is 0 Å². The van der Waals surface area contributed by atoms with Crippen molar-refractivity contribution in [2.75, 3.05) is 32.1 Å². The highest BCUT2D eigenvalue weighted by molar-refractivity contribution is 5.94. The van der Waals surface area contributed by atoms with Crippen LogP contribution in [-0.2, 0) is 0 Å². The highest BCUT2D eigenvalue weighted by Crippen LogP contribution is 2.11. The first-order valence-corrected chi connectivity index (χ1v) is 7.37. The van der Waals surface area contributed by atoms with E-state index in [-0.39, 0.29) is 30.2 Å². The summed E-state index contributed by atoms with van der Waals surface area (Å²) in [5, 5.41) is 11.1. The van der Waals surface area contributed by atoms with Crippen molar-refractivity contribution in [3.8, 4) is 0 Å². The van der Waals surface area contributed by atoms with Crippen LogP contribution in [0.3, 0.4) is 0 Å². The first-order valence-electron chi connectivity index (χ1n) is 7.37. The lowest BCUT2D eigenvalue weighted by molar-refractivity contribution is 0.0924. The molecule has 8 heteroatoms. The van der Waals surface area contributed by atoms with Crippen molar-refractivity contribution in [2.45, 2.75) is 0 Å². The van der Waals surface area contributed by atoms with Gasteiger partial charge in [-0.05, 0) is 30.3 Å². The van der Waals surface area contributed by atoms with Crippen LogP contribution in [-0.4, -0.2) is 49.2 Å². The Bertz CT molecular complexity index is 748. The topological polar surface area (TPSA) is 107 Å². The molecular formula is C16H19N5O3. The van der Waals surface area contributed by atoms with Gasteiger partial charge in [0.15, 0.2) is 0 Å². The Morgan fingerprint density at radius 1 is 1.00 bits per heavy atom. The Morgan fingerprint density at radius 3 is 2.17 bits per heavy atom. The second kappa shape index (κ2) is 7.91. The molecule has 126 valence electrons. The minimum atomic E-state index is -0.421. The maximum absolute atomic E-state index is 12.0. The van der Waals surface area contributed by atoms with Crippen molar-refractivity contribution < 1.29 is 9.59 Å². The minimum Gasteiger partial charge on any atom is -0.378 e. The lowest BCUT2D eigenvalue weighted by Gasteiger charge is -2.12. The number of H-pyrrole nitrogens is 1. The van der Waals surface area contributed by atoms with E-state index in [1.807, 2.05) is 31.1 Å². The molecule has 3 N–H and O–H groups in total. The number of aromatic amines is 1. The third-order valence-electron chi connectivity index (χ3n) is 3.25. The number of benzene rings is 1. The molecular weight excluding hydrogens is 310 g/mol. The third kappa shape index (κ3) is 4.67. The molecule has 2 rings (SSSR count). The zero-order valence-corrected chi connectivity index (χ0v) is 13.5. The summed E-state index contributed by atoms with van der Waals surface area (Å²) in [5.74, 6) is -0.632. The Morgan fingerprint density at radius 2 is 1.62 bits per heavy atom. The Kier molecular flexibility index (Phi) is 5.67. The van der Waals surface area contributed by atoms with E-state index in [9.17, 15) is 14.4 Å². The van der Waals surface area contributed by atoms with Gasteiger partial charge in [0.05, 0.1) is 0 Å². The van der Waals surface area contributed by atoms with Crippen LogP contribution in [0.5, 0.6) is 0 Å². The molecule has 24 heavy (non-hydrogen) atoms. The largest absolute Gasteiger partial charge is 0.378 e. The summed E-state index contributed by atoms with van der Waals surface area (Å²) < 4.78 is 0. The van der Waals surface area contributed by atoms with Gasteiger partial charge in [0.25, 0.3) is 17.4 Å². The predicted octanol–water partition coefficient (Wildman–Crippen LogP) is -0.00430. The van der Waals surface area contributed by atoms with E-state index in [0.717, 1.165) is 5.69 Å². The van der Waals surface area contributed by atoms with Gasteiger partial charge in [0.1, 0.15) is 5.69 Å². The Labute approximate surface area is 138 Å². The number of rotatable bonds is 6. The SMILES string of the molecule is CN(C)c1ccc(C(=O)NCCNC(=O)c2ccc(=O)[nH]n2)cc1. The minimum absolute atomic E-state index is 0.111. The Balaban J connectivity index is 1.77. The molecule has 8 nitrogen and oxygen atoms in total. The second-order valence-corrected chi connectivity index (χ2v) is 5.26. The number of hydrogen-bond acceptors (Lipinski definition) is 5. The molecule has 1 heterocycles. The molecule has 0 spiro atoms. The van der Waals surface area contributed by atoms with Crippen molar-refractivity contribution in [2.24, 2.45) is 0 Å². The zero-order chi connectivity index (χ0) is 17.5. The number of nitrogens with one attached hydrogen (secondary N) is 3. The standard InChI is InChI=1S/C16H19N5O3/c1-21(2)12-5-3-11(4-6-12)15(23)17-9-10-18-16(24)13-7-8-14(22)20-19-13/h3-8H,9-10H2,1-2H3,(H,17,23)(H,18,24)(H,20,22). The van der Waals surface area contributed by atoms with Crippen LogP contribution in [0.1, 0.15) is 20.8 Å². The molecule has 0 radical (unpaired) electrons. The molecule has 2 aromatic rings. The molecule has 0 aliphatic carbocycles. The first kappa shape index (κ1) is 17.2. The molecule has 0 atom stereocenters. The number of amides is 2. The van der Waals surface area contributed by atoms with Crippen LogP contribution in [0.2, 0.25) is 0 Å². The van der Waals surface area contributed by atoms with Gasteiger partial charge >= 0.3 is 0 Å². The van der Waals surface area contributed by atoms with Gasteiger partial charge in [-0.15, -0.1) is 0 Å². The fourth-order valence-electron chi connectivity index (χ4n) is 1.93. The van der Waals surface area contributed by atoms with Gasteiger partial charge in [-0.3, -0.25) is 14.4 Å². The fourth-order valence-corrected chi connectivity index (χ4v) is 1.93. The van der Waals surface area contributed by atoms with Crippen LogP contribution in [0.25, 0.3) is 0 Å². The summed E-state index contributed by atoms with van der Waals surface area (Å²) in [6.07, 6.45) is 0. The molecule has 2 amide bonds. The quantitative estimate of drug-likeness (QED) is 0.647. The number of nitrogens with zero attached hydrogens (tertiary/aromatic N) is 2. The molecule has 0 unspecified atom stereocenters.